The molecule has 1 fully saturated rings. The van der Waals surface area contributed by atoms with Gasteiger partial charge >= 0.3 is 0 Å². The zero-order valence-corrected chi connectivity index (χ0v) is 14.6. The number of anilines is 1. The van der Waals surface area contributed by atoms with Crippen molar-refractivity contribution in [1.29, 1.82) is 0 Å². The van der Waals surface area contributed by atoms with E-state index in [2.05, 4.69) is 58.3 Å². The first-order chi connectivity index (χ1) is 11.9. The van der Waals surface area contributed by atoms with E-state index in [1.54, 1.807) is 11.1 Å². The maximum atomic E-state index is 2.58. The summed E-state index contributed by atoms with van der Waals surface area (Å²) in [5.41, 5.74) is 6.07. The average Bonchev–Trinajstić information content (AvgIpc) is 2.88. The summed E-state index contributed by atoms with van der Waals surface area (Å²) in [4.78, 5) is 5.15. The molecule has 126 valence electrons. The van der Waals surface area contributed by atoms with Crippen molar-refractivity contribution in [2.75, 3.05) is 31.1 Å². The van der Waals surface area contributed by atoms with Crippen LogP contribution >= 0.6 is 0 Å². The lowest BCUT2D eigenvalue weighted by Crippen LogP contribution is -2.46. The van der Waals surface area contributed by atoms with Crippen molar-refractivity contribution in [1.82, 2.24) is 4.90 Å². The highest BCUT2D eigenvalue weighted by Gasteiger charge is 2.18. The van der Waals surface area contributed by atoms with Gasteiger partial charge in [-0.3, -0.25) is 4.90 Å². The summed E-state index contributed by atoms with van der Waals surface area (Å²) in [7, 11) is 0. The van der Waals surface area contributed by atoms with Gasteiger partial charge in [-0.05, 0) is 54.5 Å². The van der Waals surface area contributed by atoms with E-state index >= 15 is 0 Å². The Hall–Kier alpha value is -1.80. The van der Waals surface area contributed by atoms with Gasteiger partial charge in [0.15, 0.2) is 0 Å². The van der Waals surface area contributed by atoms with Crippen molar-refractivity contribution < 1.29 is 0 Å². The first-order valence-electron chi connectivity index (χ1n) is 9.51. The van der Waals surface area contributed by atoms with E-state index in [4.69, 9.17) is 0 Å². The largest absolute Gasteiger partial charge is 0.369 e. The maximum Gasteiger partial charge on any atom is 0.0370 e. The second-order valence-electron chi connectivity index (χ2n) is 7.26. The normalized spacial score (nSPS) is 18.9. The highest BCUT2D eigenvalue weighted by molar-refractivity contribution is 5.52. The Bertz CT molecular complexity index is 657. The van der Waals surface area contributed by atoms with Crippen LogP contribution in [-0.4, -0.2) is 31.1 Å². The van der Waals surface area contributed by atoms with Crippen LogP contribution in [0.3, 0.4) is 0 Å². The summed E-state index contributed by atoms with van der Waals surface area (Å²) < 4.78 is 0. The molecule has 2 nitrogen and oxygen atoms in total. The van der Waals surface area contributed by atoms with Gasteiger partial charge in [-0.1, -0.05) is 42.8 Å². The van der Waals surface area contributed by atoms with Crippen molar-refractivity contribution >= 4 is 5.69 Å². The van der Waals surface area contributed by atoms with E-state index < -0.39 is 0 Å². The van der Waals surface area contributed by atoms with E-state index in [1.165, 1.54) is 43.4 Å². The lowest BCUT2D eigenvalue weighted by molar-refractivity contribution is 0.250. The van der Waals surface area contributed by atoms with Crippen molar-refractivity contribution in [2.45, 2.75) is 38.6 Å². The van der Waals surface area contributed by atoms with Gasteiger partial charge < -0.3 is 4.90 Å². The highest BCUT2D eigenvalue weighted by atomic mass is 15.3. The van der Waals surface area contributed by atoms with Gasteiger partial charge in [0.25, 0.3) is 0 Å². The molecule has 2 heteroatoms. The Morgan fingerprint density at radius 2 is 1.46 bits per heavy atom. The Labute approximate surface area is 146 Å². The number of fused-ring (bicyclic) bond motifs is 1. The second kappa shape index (κ2) is 7.40. The van der Waals surface area contributed by atoms with Crippen molar-refractivity contribution in [3.05, 3.63) is 65.2 Å². The molecule has 0 saturated carbocycles. The third-order valence-corrected chi connectivity index (χ3v) is 5.57. The molecule has 0 radical (unpaired) electrons. The molecule has 0 atom stereocenters. The molecule has 0 bridgehead atoms. The number of hydrogen-bond donors (Lipinski definition) is 0. The molecule has 24 heavy (non-hydrogen) atoms. The number of rotatable bonds is 3. The van der Waals surface area contributed by atoms with E-state index in [1.807, 2.05) is 0 Å². The zero-order chi connectivity index (χ0) is 16.2. The van der Waals surface area contributed by atoms with Crippen molar-refractivity contribution in [3.63, 3.8) is 0 Å². The summed E-state index contributed by atoms with van der Waals surface area (Å²) in [5, 5.41) is 0. The molecular formula is C22H28N2. The molecule has 2 aliphatic rings. The monoisotopic (exact) mass is 320 g/mol. The van der Waals surface area contributed by atoms with Gasteiger partial charge in [0, 0.05) is 38.4 Å². The molecule has 1 heterocycles. The molecule has 2 aromatic carbocycles. The Morgan fingerprint density at radius 1 is 0.708 bits per heavy atom. The van der Waals surface area contributed by atoms with Gasteiger partial charge in [-0.25, -0.2) is 0 Å². The minimum absolute atomic E-state index is 1.08. The predicted molar refractivity (Wildman–Crippen MR) is 102 cm³/mol. The molecule has 0 aromatic heterocycles. The van der Waals surface area contributed by atoms with Gasteiger partial charge in [-0.15, -0.1) is 0 Å². The number of piperazine rings is 1. The SMILES string of the molecule is c1ccc(CN2CCN(c3ccc4c(c3)CCCCC4)CC2)cc1. The quantitative estimate of drug-likeness (QED) is 0.779. The number of aryl methyl sites for hydroxylation is 2. The number of nitrogens with zero attached hydrogens (tertiary/aromatic N) is 2. The van der Waals surface area contributed by atoms with Crippen LogP contribution in [0.4, 0.5) is 5.69 Å². The smallest absolute Gasteiger partial charge is 0.0370 e. The van der Waals surface area contributed by atoms with Crippen LogP contribution in [-0.2, 0) is 19.4 Å². The van der Waals surface area contributed by atoms with E-state index in [0.29, 0.717) is 0 Å². The fourth-order valence-electron chi connectivity index (χ4n) is 4.10. The summed E-state index contributed by atoms with van der Waals surface area (Å²) in [6.45, 7) is 5.69. The summed E-state index contributed by atoms with van der Waals surface area (Å²) >= 11 is 0. The summed E-state index contributed by atoms with van der Waals surface area (Å²) in [6.07, 6.45) is 6.67. The standard InChI is InChI=1S/C22H28N2/c1-3-7-19(8-4-1)18-23-13-15-24(16-14-23)22-12-11-20-9-5-2-6-10-21(20)17-22/h1,3-4,7-8,11-12,17H,2,5-6,9-10,13-16,18H2. The van der Waals surface area contributed by atoms with E-state index in [-0.39, 0.29) is 0 Å². The van der Waals surface area contributed by atoms with Crippen LogP contribution < -0.4 is 4.90 Å². The van der Waals surface area contributed by atoms with Gasteiger partial charge in [0.1, 0.15) is 0 Å². The lowest BCUT2D eigenvalue weighted by Gasteiger charge is -2.36. The molecule has 2 aromatic rings. The summed E-state index contributed by atoms with van der Waals surface area (Å²) in [5.74, 6) is 0. The van der Waals surface area contributed by atoms with E-state index in [9.17, 15) is 0 Å². The van der Waals surface area contributed by atoms with Crippen LogP contribution in [0.1, 0.15) is 36.0 Å². The first kappa shape index (κ1) is 15.7. The highest BCUT2D eigenvalue weighted by Crippen LogP contribution is 2.26. The molecule has 1 aliphatic carbocycles. The third-order valence-electron chi connectivity index (χ3n) is 5.57. The molecule has 0 unspecified atom stereocenters. The Balaban J connectivity index is 1.38. The minimum atomic E-state index is 1.08. The molecule has 0 N–H and O–H groups in total. The number of hydrogen-bond acceptors (Lipinski definition) is 2. The van der Waals surface area contributed by atoms with Crippen molar-refractivity contribution in [3.8, 4) is 0 Å². The zero-order valence-electron chi connectivity index (χ0n) is 14.6. The lowest BCUT2D eigenvalue weighted by atomic mass is 10.0. The predicted octanol–water partition coefficient (Wildman–Crippen LogP) is 4.28. The average molecular weight is 320 g/mol. The van der Waals surface area contributed by atoms with Gasteiger partial charge in [0.05, 0.1) is 0 Å². The fourth-order valence-corrected chi connectivity index (χ4v) is 4.10. The third kappa shape index (κ3) is 3.64. The van der Waals surface area contributed by atoms with Crippen LogP contribution in [0.5, 0.6) is 0 Å². The fraction of sp³-hybridized carbons (Fsp3) is 0.455. The Morgan fingerprint density at radius 3 is 2.25 bits per heavy atom. The van der Waals surface area contributed by atoms with Crippen LogP contribution in [0.2, 0.25) is 0 Å². The molecule has 0 amide bonds. The minimum Gasteiger partial charge on any atom is -0.369 e. The summed E-state index contributed by atoms with van der Waals surface area (Å²) in [6, 6.07) is 18.1. The van der Waals surface area contributed by atoms with Gasteiger partial charge in [0.2, 0.25) is 0 Å². The Kier molecular flexibility index (Phi) is 4.84. The second-order valence-corrected chi connectivity index (χ2v) is 7.26. The molecule has 1 saturated heterocycles. The van der Waals surface area contributed by atoms with E-state index in [0.717, 1.165) is 32.7 Å². The topological polar surface area (TPSA) is 6.48 Å². The van der Waals surface area contributed by atoms with Gasteiger partial charge in [-0.2, -0.15) is 0 Å². The molecular weight excluding hydrogens is 292 g/mol. The molecule has 1 aliphatic heterocycles. The van der Waals surface area contributed by atoms with Crippen LogP contribution in [0, 0.1) is 0 Å². The molecule has 0 spiro atoms. The van der Waals surface area contributed by atoms with Crippen molar-refractivity contribution in [2.24, 2.45) is 0 Å². The maximum absolute atomic E-state index is 2.58. The van der Waals surface area contributed by atoms with Crippen LogP contribution in [0.25, 0.3) is 0 Å². The number of benzene rings is 2. The van der Waals surface area contributed by atoms with Crippen LogP contribution in [0.15, 0.2) is 48.5 Å². The molecule has 4 rings (SSSR count). The first-order valence-corrected chi connectivity index (χ1v) is 9.51.